The number of ether oxygens (including phenoxy) is 1. The number of likely N-dealkylation sites (N-methyl/N-ethyl adjacent to an activating group) is 1. The van der Waals surface area contributed by atoms with E-state index in [0.717, 1.165) is 15.6 Å². The zero-order valence-corrected chi connectivity index (χ0v) is 18.1. The molecule has 12 heteroatoms. The van der Waals surface area contributed by atoms with Gasteiger partial charge in [-0.05, 0) is 35.7 Å². The molecule has 9 nitrogen and oxygen atoms in total. The van der Waals surface area contributed by atoms with Crippen molar-refractivity contribution in [1.82, 2.24) is 8.61 Å². The van der Waals surface area contributed by atoms with Crippen LogP contribution in [-0.4, -0.2) is 71.2 Å². The van der Waals surface area contributed by atoms with Crippen molar-refractivity contribution in [1.29, 1.82) is 0 Å². The maximum absolute atomic E-state index is 12.6. The summed E-state index contributed by atoms with van der Waals surface area (Å²) in [6.07, 6.45) is 0. The standard InChI is InChI=1S/C17H21N3O6S3/c1-19(29(24,25)17-3-2-12-27-17)13-16(21)18-14-4-6-15(7-5-14)28(22,23)20-8-10-26-11-9-20/h2-7,12H,8-11,13H2,1H3,(H,18,21). The molecule has 0 radical (unpaired) electrons. The Morgan fingerprint density at radius 2 is 1.79 bits per heavy atom. The third-order valence-electron chi connectivity index (χ3n) is 4.27. The van der Waals surface area contributed by atoms with E-state index in [-0.39, 0.29) is 15.6 Å². The van der Waals surface area contributed by atoms with Crippen LogP contribution in [0.25, 0.3) is 0 Å². The maximum atomic E-state index is 12.6. The fourth-order valence-corrected chi connectivity index (χ4v) is 6.43. The summed E-state index contributed by atoms with van der Waals surface area (Å²) >= 11 is 1.07. The second-order valence-electron chi connectivity index (χ2n) is 6.28. The van der Waals surface area contributed by atoms with Gasteiger partial charge in [0, 0.05) is 25.8 Å². The first-order chi connectivity index (χ1) is 13.7. The third kappa shape index (κ3) is 5.02. The van der Waals surface area contributed by atoms with Crippen LogP contribution in [0.1, 0.15) is 0 Å². The molecule has 0 bridgehead atoms. The molecule has 2 heterocycles. The Hall–Kier alpha value is -1.83. The van der Waals surface area contributed by atoms with Crippen LogP contribution < -0.4 is 5.32 Å². The normalized spacial score (nSPS) is 16.1. The third-order valence-corrected chi connectivity index (χ3v) is 9.36. The Morgan fingerprint density at radius 3 is 2.38 bits per heavy atom. The fourth-order valence-electron chi connectivity index (χ4n) is 2.70. The summed E-state index contributed by atoms with van der Waals surface area (Å²) in [5, 5.41) is 4.22. The molecule has 0 unspecified atom stereocenters. The van der Waals surface area contributed by atoms with Crippen LogP contribution in [0.5, 0.6) is 0 Å². The molecule has 1 aliphatic rings. The quantitative estimate of drug-likeness (QED) is 0.662. The first-order valence-electron chi connectivity index (χ1n) is 8.69. The van der Waals surface area contributed by atoms with Crippen molar-refractivity contribution in [3.63, 3.8) is 0 Å². The Kier molecular flexibility index (Phi) is 6.71. The molecule has 0 aliphatic carbocycles. The smallest absolute Gasteiger partial charge is 0.252 e. The fraction of sp³-hybridized carbons (Fsp3) is 0.353. The maximum Gasteiger partial charge on any atom is 0.252 e. The van der Waals surface area contributed by atoms with Crippen LogP contribution in [0.4, 0.5) is 5.69 Å². The van der Waals surface area contributed by atoms with Crippen molar-refractivity contribution in [2.75, 3.05) is 45.2 Å². The molecule has 1 amide bonds. The van der Waals surface area contributed by atoms with Crippen LogP contribution >= 0.6 is 11.3 Å². The minimum atomic E-state index is -3.73. The summed E-state index contributed by atoms with van der Waals surface area (Å²) in [7, 11) is -6.02. The van der Waals surface area contributed by atoms with E-state index in [1.54, 1.807) is 11.4 Å². The van der Waals surface area contributed by atoms with Gasteiger partial charge in [0.25, 0.3) is 10.0 Å². The van der Waals surface area contributed by atoms with Gasteiger partial charge in [0.2, 0.25) is 15.9 Å². The highest BCUT2D eigenvalue weighted by molar-refractivity contribution is 7.91. The Balaban J connectivity index is 1.63. The first kappa shape index (κ1) is 21.9. The molecule has 1 N–H and O–H groups in total. The number of hydrogen-bond donors (Lipinski definition) is 1. The van der Waals surface area contributed by atoms with E-state index in [2.05, 4.69) is 5.32 Å². The highest BCUT2D eigenvalue weighted by Gasteiger charge is 2.26. The van der Waals surface area contributed by atoms with Crippen LogP contribution in [0.2, 0.25) is 0 Å². The van der Waals surface area contributed by atoms with Gasteiger partial charge in [0.15, 0.2) is 0 Å². The van der Waals surface area contributed by atoms with Gasteiger partial charge in [-0.15, -0.1) is 11.3 Å². The molecule has 1 aliphatic heterocycles. The molecule has 2 aromatic rings. The summed E-state index contributed by atoms with van der Waals surface area (Å²) < 4.78 is 57.6. The summed E-state index contributed by atoms with van der Waals surface area (Å²) in [6.45, 7) is 0.941. The second kappa shape index (κ2) is 8.90. The number of anilines is 1. The Bertz CT molecular complexity index is 1040. The molecule has 3 rings (SSSR count). The number of morpholine rings is 1. The van der Waals surface area contributed by atoms with Crippen molar-refractivity contribution in [2.45, 2.75) is 9.10 Å². The molecule has 1 saturated heterocycles. The highest BCUT2D eigenvalue weighted by atomic mass is 32.2. The average Bonchev–Trinajstić information content (AvgIpc) is 3.24. The number of sulfonamides is 2. The second-order valence-corrected chi connectivity index (χ2v) is 11.4. The van der Waals surface area contributed by atoms with Gasteiger partial charge in [-0.25, -0.2) is 16.8 Å². The number of hydrogen-bond acceptors (Lipinski definition) is 7. The minimum Gasteiger partial charge on any atom is -0.379 e. The molecule has 0 saturated carbocycles. The monoisotopic (exact) mass is 459 g/mol. The SMILES string of the molecule is CN(CC(=O)Nc1ccc(S(=O)(=O)N2CCOCC2)cc1)S(=O)(=O)c1cccs1. The largest absolute Gasteiger partial charge is 0.379 e. The van der Waals surface area contributed by atoms with Gasteiger partial charge in [-0.2, -0.15) is 8.61 Å². The van der Waals surface area contributed by atoms with Crippen molar-refractivity contribution in [3.8, 4) is 0 Å². The number of nitrogens with zero attached hydrogens (tertiary/aromatic N) is 2. The van der Waals surface area contributed by atoms with Crippen LogP contribution in [0, 0.1) is 0 Å². The van der Waals surface area contributed by atoms with Crippen molar-refractivity contribution >= 4 is 43.0 Å². The van der Waals surface area contributed by atoms with Gasteiger partial charge in [0.1, 0.15) is 4.21 Å². The highest BCUT2D eigenvalue weighted by Crippen LogP contribution is 2.21. The molecule has 29 heavy (non-hydrogen) atoms. The van der Waals surface area contributed by atoms with E-state index in [4.69, 9.17) is 4.74 Å². The van der Waals surface area contributed by atoms with Crippen LogP contribution in [0.3, 0.4) is 0 Å². The van der Waals surface area contributed by atoms with Crippen LogP contribution in [0.15, 0.2) is 50.9 Å². The number of thiophene rings is 1. The lowest BCUT2D eigenvalue weighted by atomic mass is 10.3. The topological polar surface area (TPSA) is 113 Å². The first-order valence-corrected chi connectivity index (χ1v) is 12.4. The number of carbonyl (C=O) groups is 1. The predicted molar refractivity (Wildman–Crippen MR) is 109 cm³/mol. The molecular weight excluding hydrogens is 438 g/mol. The lowest BCUT2D eigenvalue weighted by Crippen LogP contribution is -2.40. The number of benzene rings is 1. The van der Waals surface area contributed by atoms with E-state index < -0.39 is 26.0 Å². The van der Waals surface area contributed by atoms with Crippen molar-refractivity contribution in [2.24, 2.45) is 0 Å². The Labute approximate surface area is 174 Å². The van der Waals surface area contributed by atoms with E-state index in [9.17, 15) is 21.6 Å². The van der Waals surface area contributed by atoms with Crippen molar-refractivity contribution in [3.05, 3.63) is 41.8 Å². The number of rotatable bonds is 7. The number of amides is 1. The molecule has 1 aromatic heterocycles. The van der Waals surface area contributed by atoms with E-state index >= 15 is 0 Å². The zero-order chi connectivity index (χ0) is 21.1. The molecule has 0 atom stereocenters. The van der Waals surface area contributed by atoms with Gasteiger partial charge in [0.05, 0.1) is 24.7 Å². The van der Waals surface area contributed by atoms with Gasteiger partial charge >= 0.3 is 0 Å². The zero-order valence-electron chi connectivity index (χ0n) is 15.6. The van der Waals surface area contributed by atoms with Gasteiger partial charge < -0.3 is 10.1 Å². The molecular formula is C17H21N3O6S3. The van der Waals surface area contributed by atoms with Gasteiger partial charge in [-0.1, -0.05) is 6.07 Å². The predicted octanol–water partition coefficient (Wildman–Crippen LogP) is 1.03. The number of nitrogens with one attached hydrogen (secondary N) is 1. The van der Waals surface area contributed by atoms with Crippen molar-refractivity contribution < 1.29 is 26.4 Å². The molecule has 1 aromatic carbocycles. The lowest BCUT2D eigenvalue weighted by molar-refractivity contribution is -0.116. The van der Waals surface area contributed by atoms with E-state index in [1.807, 2.05) is 0 Å². The summed E-state index contributed by atoms with van der Waals surface area (Å²) in [5.74, 6) is -0.531. The molecule has 1 fully saturated rings. The van der Waals surface area contributed by atoms with Gasteiger partial charge in [-0.3, -0.25) is 4.79 Å². The van der Waals surface area contributed by atoms with E-state index in [0.29, 0.717) is 32.0 Å². The lowest BCUT2D eigenvalue weighted by Gasteiger charge is -2.26. The van der Waals surface area contributed by atoms with E-state index in [1.165, 1.54) is 41.7 Å². The Morgan fingerprint density at radius 1 is 1.14 bits per heavy atom. The summed E-state index contributed by atoms with van der Waals surface area (Å²) in [4.78, 5) is 12.3. The molecule has 158 valence electrons. The summed E-state index contributed by atoms with van der Waals surface area (Å²) in [5.41, 5.74) is 0.373. The summed E-state index contributed by atoms with van der Waals surface area (Å²) in [6, 6.07) is 8.86. The molecule has 0 spiro atoms. The number of carbonyl (C=O) groups excluding carboxylic acids is 1. The average molecular weight is 460 g/mol. The van der Waals surface area contributed by atoms with Crippen LogP contribution in [-0.2, 0) is 29.6 Å². The minimum absolute atomic E-state index is 0.120.